The van der Waals surface area contributed by atoms with Crippen molar-refractivity contribution in [2.75, 3.05) is 11.9 Å². The molecular formula is C15H17N5O7. The smallest absolute Gasteiger partial charge is 0.201 e. The molecule has 3 aromatic heterocycles. The van der Waals surface area contributed by atoms with E-state index < -0.39 is 31.1 Å². The Morgan fingerprint density at radius 1 is 1.15 bits per heavy atom. The molecule has 4 heterocycles. The minimum Gasteiger partial charge on any atom is -0.502 e. The van der Waals surface area contributed by atoms with E-state index in [1.165, 1.54) is 17.2 Å². The summed E-state index contributed by atoms with van der Waals surface area (Å²) in [5.74, 6) is -0.305. The second-order valence-corrected chi connectivity index (χ2v) is 6.02. The minimum atomic E-state index is -1.27. The molecule has 0 aromatic carbocycles. The Labute approximate surface area is 151 Å². The number of aliphatic hydroxyl groups is 3. The molecule has 0 spiro atoms. The van der Waals surface area contributed by atoms with E-state index in [9.17, 15) is 25.5 Å². The summed E-state index contributed by atoms with van der Waals surface area (Å²) in [6.45, 7) is -0.415. The lowest BCUT2D eigenvalue weighted by Gasteiger charge is -2.16. The van der Waals surface area contributed by atoms with Crippen LogP contribution in [0.1, 0.15) is 12.0 Å². The van der Waals surface area contributed by atoms with Crippen LogP contribution in [0, 0.1) is 0 Å². The third-order valence-corrected chi connectivity index (χ3v) is 4.39. The van der Waals surface area contributed by atoms with Gasteiger partial charge < -0.3 is 40.0 Å². The van der Waals surface area contributed by atoms with Crippen molar-refractivity contribution in [3.63, 3.8) is 0 Å². The summed E-state index contributed by atoms with van der Waals surface area (Å²) in [6.07, 6.45) is -0.754. The first kappa shape index (κ1) is 17.5. The average Bonchev–Trinajstić information content (AvgIpc) is 3.32. The van der Waals surface area contributed by atoms with Crippen LogP contribution < -0.4 is 5.32 Å². The first-order valence-electron chi connectivity index (χ1n) is 8.03. The van der Waals surface area contributed by atoms with Gasteiger partial charge in [-0.25, -0.2) is 15.0 Å². The molecule has 3 aromatic rings. The van der Waals surface area contributed by atoms with Gasteiger partial charge in [-0.15, -0.1) is 0 Å². The highest BCUT2D eigenvalue weighted by molar-refractivity contribution is 5.82. The highest BCUT2D eigenvalue weighted by Crippen LogP contribution is 2.33. The zero-order chi connectivity index (χ0) is 19.1. The van der Waals surface area contributed by atoms with E-state index in [1.54, 1.807) is 0 Å². The molecule has 4 rings (SSSR count). The van der Waals surface area contributed by atoms with Gasteiger partial charge in [-0.2, -0.15) is 0 Å². The quantitative estimate of drug-likeness (QED) is 0.322. The van der Waals surface area contributed by atoms with Crippen molar-refractivity contribution in [2.24, 2.45) is 0 Å². The number of aliphatic hydroxyl groups excluding tert-OH is 3. The number of rotatable bonds is 5. The largest absolute Gasteiger partial charge is 0.502 e. The molecule has 6 N–H and O–H groups in total. The molecule has 1 saturated heterocycles. The van der Waals surface area contributed by atoms with Crippen LogP contribution in [0.2, 0.25) is 0 Å². The fourth-order valence-corrected chi connectivity index (χ4v) is 2.95. The van der Waals surface area contributed by atoms with Crippen molar-refractivity contribution >= 4 is 17.0 Å². The van der Waals surface area contributed by atoms with Crippen LogP contribution in [0.3, 0.4) is 0 Å². The molecule has 1 fully saturated rings. The first-order valence-corrected chi connectivity index (χ1v) is 8.03. The fraction of sp³-hybridized carbons (Fsp3) is 0.400. The number of fused-ring (bicyclic) bond motifs is 1. The van der Waals surface area contributed by atoms with Gasteiger partial charge in [0.2, 0.25) is 5.75 Å². The van der Waals surface area contributed by atoms with E-state index in [-0.39, 0.29) is 23.8 Å². The van der Waals surface area contributed by atoms with E-state index in [0.29, 0.717) is 17.0 Å². The molecule has 0 aliphatic carbocycles. The highest BCUT2D eigenvalue weighted by atomic mass is 16.6. The molecule has 0 unspecified atom stereocenters. The predicted molar refractivity (Wildman–Crippen MR) is 87.7 cm³/mol. The van der Waals surface area contributed by atoms with Crippen LogP contribution in [-0.4, -0.2) is 70.0 Å². The Kier molecular flexibility index (Phi) is 4.31. The molecule has 0 amide bonds. The Bertz CT molecular complexity index is 957. The average molecular weight is 379 g/mol. The number of nitrogens with one attached hydrogen (secondary N) is 1. The summed E-state index contributed by atoms with van der Waals surface area (Å²) in [6, 6.07) is 0. The number of aromatic hydroxyl groups is 2. The number of ether oxygens (including phenoxy) is 1. The molecule has 0 bridgehead atoms. The van der Waals surface area contributed by atoms with Gasteiger partial charge in [-0.05, 0) is 0 Å². The minimum absolute atomic E-state index is 0.0270. The van der Waals surface area contributed by atoms with E-state index in [4.69, 9.17) is 9.15 Å². The van der Waals surface area contributed by atoms with Gasteiger partial charge in [-0.3, -0.25) is 4.57 Å². The molecule has 4 atom stereocenters. The molecule has 0 saturated carbocycles. The normalized spacial score (nSPS) is 25.3. The maximum atomic E-state index is 10.2. The Balaban J connectivity index is 1.61. The molecule has 144 valence electrons. The third-order valence-electron chi connectivity index (χ3n) is 4.39. The van der Waals surface area contributed by atoms with E-state index in [2.05, 4.69) is 20.3 Å². The second-order valence-electron chi connectivity index (χ2n) is 6.02. The van der Waals surface area contributed by atoms with Gasteiger partial charge in [0.25, 0.3) is 0 Å². The van der Waals surface area contributed by atoms with Crippen LogP contribution in [0.25, 0.3) is 11.2 Å². The lowest BCUT2D eigenvalue weighted by atomic mass is 10.1. The number of imidazole rings is 1. The van der Waals surface area contributed by atoms with Gasteiger partial charge in [0.05, 0.1) is 19.5 Å². The van der Waals surface area contributed by atoms with Gasteiger partial charge in [0, 0.05) is 0 Å². The van der Waals surface area contributed by atoms with Crippen LogP contribution in [-0.2, 0) is 11.3 Å². The Morgan fingerprint density at radius 2 is 1.96 bits per heavy atom. The number of hydrogen-bond donors (Lipinski definition) is 6. The number of nitrogens with zero attached hydrogens (tertiary/aromatic N) is 4. The monoisotopic (exact) mass is 379 g/mol. The Morgan fingerprint density at radius 3 is 2.63 bits per heavy atom. The van der Waals surface area contributed by atoms with Gasteiger partial charge in [0.15, 0.2) is 34.7 Å². The van der Waals surface area contributed by atoms with E-state index in [1.807, 2.05) is 0 Å². The standard InChI is InChI=1S/C15H17N5O7/c21-2-8-11(24)12(25)15(27-8)20-5-19-9-13(17-4-18-14(9)20)16-1-7-10(23)6(22)3-26-7/h3-5,8,11-12,15,21-25H,1-2H2,(H,16,17,18)/t8-,11-,12+,15-/m1/s1. The topological polar surface area (TPSA) is 179 Å². The third kappa shape index (κ3) is 2.84. The maximum absolute atomic E-state index is 10.2. The number of aromatic nitrogens is 4. The number of furan rings is 1. The number of hydrogen-bond acceptors (Lipinski definition) is 11. The van der Waals surface area contributed by atoms with Gasteiger partial charge in [-0.1, -0.05) is 0 Å². The van der Waals surface area contributed by atoms with Crippen molar-refractivity contribution in [2.45, 2.75) is 31.1 Å². The second kappa shape index (κ2) is 6.66. The summed E-state index contributed by atoms with van der Waals surface area (Å²) in [5.41, 5.74) is 0.680. The summed E-state index contributed by atoms with van der Waals surface area (Å²) < 4.78 is 12.0. The summed E-state index contributed by atoms with van der Waals surface area (Å²) in [7, 11) is 0. The lowest BCUT2D eigenvalue weighted by molar-refractivity contribution is -0.0511. The van der Waals surface area contributed by atoms with Crippen LogP contribution >= 0.6 is 0 Å². The molecule has 12 nitrogen and oxygen atoms in total. The van der Waals surface area contributed by atoms with Crippen molar-refractivity contribution in [1.82, 2.24) is 19.5 Å². The summed E-state index contributed by atoms with van der Waals surface area (Å²) in [4.78, 5) is 12.4. The lowest BCUT2D eigenvalue weighted by Crippen LogP contribution is -2.33. The molecule has 1 aliphatic rings. The fourth-order valence-electron chi connectivity index (χ4n) is 2.95. The molecule has 27 heavy (non-hydrogen) atoms. The molecular weight excluding hydrogens is 362 g/mol. The highest BCUT2D eigenvalue weighted by Gasteiger charge is 2.44. The van der Waals surface area contributed by atoms with Crippen molar-refractivity contribution < 1.29 is 34.7 Å². The molecule has 0 radical (unpaired) electrons. The van der Waals surface area contributed by atoms with Crippen molar-refractivity contribution in [3.8, 4) is 11.5 Å². The van der Waals surface area contributed by atoms with E-state index in [0.717, 1.165) is 6.26 Å². The van der Waals surface area contributed by atoms with Crippen molar-refractivity contribution in [1.29, 1.82) is 0 Å². The number of anilines is 1. The van der Waals surface area contributed by atoms with Gasteiger partial charge in [0.1, 0.15) is 30.9 Å². The van der Waals surface area contributed by atoms with Crippen LogP contribution in [0.4, 0.5) is 5.82 Å². The summed E-state index contributed by atoms with van der Waals surface area (Å²) >= 11 is 0. The first-order chi connectivity index (χ1) is 13.0. The van der Waals surface area contributed by atoms with E-state index >= 15 is 0 Å². The zero-order valence-electron chi connectivity index (χ0n) is 13.8. The molecule has 12 heteroatoms. The summed E-state index contributed by atoms with van der Waals surface area (Å²) in [5, 5.41) is 51.2. The SMILES string of the molecule is OC[C@H]1O[C@@H](n2cnc3c(NCc4occ(O)c4O)ncnc32)[C@@H](O)[C@@H]1O. The predicted octanol–water partition coefficient (Wildman–Crippen LogP) is -0.946. The maximum Gasteiger partial charge on any atom is 0.201 e. The molecule has 1 aliphatic heterocycles. The van der Waals surface area contributed by atoms with Gasteiger partial charge >= 0.3 is 0 Å². The van der Waals surface area contributed by atoms with Crippen LogP contribution in [0.5, 0.6) is 11.5 Å². The van der Waals surface area contributed by atoms with Crippen LogP contribution in [0.15, 0.2) is 23.3 Å². The zero-order valence-corrected chi connectivity index (χ0v) is 13.8. The Hall–Kier alpha value is -2.93. The van der Waals surface area contributed by atoms with Crippen molar-refractivity contribution in [3.05, 3.63) is 24.7 Å².